The average molecular weight is 555 g/mol. The number of hydrogen-bond acceptors (Lipinski definition) is 13. The highest BCUT2D eigenvalue weighted by molar-refractivity contribution is 7.71. The van der Waals surface area contributed by atoms with E-state index in [1.807, 2.05) is 0 Å². The number of H-pyrrole nitrogens is 2. The predicted molar refractivity (Wildman–Crippen MR) is 106 cm³/mol. The summed E-state index contributed by atoms with van der Waals surface area (Å²) >= 11 is 5.08. The minimum Gasteiger partial charge on any atom is -0.387 e. The topological polar surface area (TPSA) is 302 Å². The quantitative estimate of drug-likeness (QED) is 0.130. The Kier molecular flexibility index (Phi) is 7.19. The minimum absolute atomic E-state index is 0.129. The Morgan fingerprint density at radius 1 is 1.09 bits per heavy atom. The third-order valence-corrected chi connectivity index (χ3v) is 8.11. The standard InChI is InChI=1S/C10H16N5O14P3S/c11-9-13-6-3(7(18)14-9)12-10(33)15(6)8-5(17)4(16)2(27-8)1-26-31(22,23)29-32(24,25)28-30(19,20)21/h2,4-5,8,16-17H,1H2,(H,12,33)(H,22,23)(H,24,25)(H2,19,20,21)(H3,11,13,14,18)/t2-,4-,5-,8-/m1/s1. The Balaban J connectivity index is 1.78. The summed E-state index contributed by atoms with van der Waals surface area (Å²) in [5.74, 6) is -0.299. The van der Waals surface area contributed by atoms with Gasteiger partial charge in [-0.05, 0) is 12.2 Å². The zero-order chi connectivity index (χ0) is 24.9. The molecule has 1 saturated heterocycles. The Bertz CT molecular complexity index is 1320. The molecule has 33 heavy (non-hydrogen) atoms. The van der Waals surface area contributed by atoms with Crippen LogP contribution >= 0.6 is 35.7 Å². The molecule has 2 aromatic heterocycles. The number of rotatable bonds is 8. The van der Waals surface area contributed by atoms with Crippen molar-refractivity contribution in [2.24, 2.45) is 0 Å². The van der Waals surface area contributed by atoms with Crippen LogP contribution < -0.4 is 11.3 Å². The number of nitrogens with one attached hydrogen (secondary N) is 2. The summed E-state index contributed by atoms with van der Waals surface area (Å²) in [4.78, 5) is 56.3. The highest BCUT2D eigenvalue weighted by Crippen LogP contribution is 2.66. The molecular weight excluding hydrogens is 539 g/mol. The van der Waals surface area contributed by atoms with Crippen molar-refractivity contribution in [2.75, 3.05) is 12.3 Å². The largest absolute Gasteiger partial charge is 0.490 e. The lowest BCUT2D eigenvalue weighted by molar-refractivity contribution is -0.0509. The summed E-state index contributed by atoms with van der Waals surface area (Å²) in [6.45, 7) is -1.04. The van der Waals surface area contributed by atoms with Crippen LogP contribution in [-0.2, 0) is 31.6 Å². The monoisotopic (exact) mass is 555 g/mol. The summed E-state index contributed by atoms with van der Waals surface area (Å²) in [5, 5.41) is 20.6. The molecule has 10 N–H and O–H groups in total. The zero-order valence-corrected chi connectivity index (χ0v) is 19.2. The number of ether oxygens (including phenoxy) is 1. The Hall–Kier alpha value is -1.34. The van der Waals surface area contributed by atoms with E-state index in [2.05, 4.69) is 28.1 Å². The van der Waals surface area contributed by atoms with Crippen molar-refractivity contribution in [3.05, 3.63) is 15.1 Å². The van der Waals surface area contributed by atoms with Gasteiger partial charge in [0.2, 0.25) is 5.95 Å². The average Bonchev–Trinajstić information content (AvgIpc) is 3.07. The van der Waals surface area contributed by atoms with Crippen molar-refractivity contribution in [1.82, 2.24) is 19.5 Å². The molecule has 1 aliphatic heterocycles. The maximum absolute atomic E-state index is 12.0. The molecule has 2 unspecified atom stereocenters. The van der Waals surface area contributed by atoms with Crippen LogP contribution in [-0.4, -0.2) is 74.2 Å². The summed E-state index contributed by atoms with van der Waals surface area (Å²) in [5.41, 5.74) is 4.53. The van der Waals surface area contributed by atoms with E-state index in [9.17, 15) is 33.6 Å². The zero-order valence-electron chi connectivity index (χ0n) is 15.7. The molecule has 0 aliphatic carbocycles. The first kappa shape index (κ1) is 26.3. The van der Waals surface area contributed by atoms with Crippen LogP contribution in [0.3, 0.4) is 0 Å². The smallest absolute Gasteiger partial charge is 0.387 e. The summed E-state index contributed by atoms with van der Waals surface area (Å²) in [6, 6.07) is 0. The van der Waals surface area contributed by atoms with Gasteiger partial charge in [0.25, 0.3) is 5.56 Å². The number of fused-ring (bicyclic) bond motifs is 1. The second-order valence-electron chi connectivity index (χ2n) is 6.38. The third kappa shape index (κ3) is 6.02. The Morgan fingerprint density at radius 2 is 1.73 bits per heavy atom. The van der Waals surface area contributed by atoms with Gasteiger partial charge in [0.05, 0.1) is 6.61 Å². The van der Waals surface area contributed by atoms with Gasteiger partial charge in [0.15, 0.2) is 22.2 Å². The predicted octanol–water partition coefficient (Wildman–Crippen LogP) is -1.67. The first-order valence-corrected chi connectivity index (χ1v) is 13.2. The van der Waals surface area contributed by atoms with Gasteiger partial charge in [-0.1, -0.05) is 0 Å². The molecule has 1 fully saturated rings. The van der Waals surface area contributed by atoms with Gasteiger partial charge in [-0.3, -0.25) is 18.9 Å². The van der Waals surface area contributed by atoms with Crippen molar-refractivity contribution in [3.8, 4) is 0 Å². The Morgan fingerprint density at radius 3 is 2.33 bits per heavy atom. The number of aliphatic hydroxyl groups is 2. The molecular formula is C10H16N5O14P3S. The molecule has 6 atom stereocenters. The number of imidazole rings is 1. The van der Waals surface area contributed by atoms with E-state index in [1.54, 1.807) is 0 Å². The van der Waals surface area contributed by atoms with E-state index in [0.717, 1.165) is 4.57 Å². The van der Waals surface area contributed by atoms with E-state index in [-0.39, 0.29) is 21.9 Å². The minimum atomic E-state index is -5.75. The molecule has 0 radical (unpaired) electrons. The molecule has 23 heteroatoms. The molecule has 0 spiro atoms. The first-order valence-electron chi connectivity index (χ1n) is 8.29. The van der Waals surface area contributed by atoms with Gasteiger partial charge in [0, 0.05) is 0 Å². The van der Waals surface area contributed by atoms with Crippen LogP contribution in [0, 0.1) is 4.77 Å². The van der Waals surface area contributed by atoms with Crippen molar-refractivity contribution < 1.29 is 61.4 Å². The molecule has 0 aromatic carbocycles. The maximum atomic E-state index is 12.0. The number of aliphatic hydroxyl groups excluding tert-OH is 2. The van der Waals surface area contributed by atoms with Gasteiger partial charge < -0.3 is 45.2 Å². The number of aromatic nitrogens is 4. The van der Waals surface area contributed by atoms with Crippen molar-refractivity contribution in [2.45, 2.75) is 24.5 Å². The van der Waals surface area contributed by atoms with Crippen LogP contribution in [0.15, 0.2) is 4.79 Å². The molecule has 0 saturated carbocycles. The fraction of sp³-hybridized carbons (Fsp3) is 0.500. The summed E-state index contributed by atoms with van der Waals surface area (Å²) in [6.07, 6.45) is -6.59. The number of phosphoric ester groups is 1. The summed E-state index contributed by atoms with van der Waals surface area (Å²) < 4.78 is 51.6. The van der Waals surface area contributed by atoms with Crippen molar-refractivity contribution >= 4 is 52.8 Å². The Labute approximate surface area is 186 Å². The molecule has 3 rings (SSSR count). The van der Waals surface area contributed by atoms with Gasteiger partial charge in [-0.2, -0.15) is 13.6 Å². The second-order valence-corrected chi connectivity index (χ2v) is 11.2. The highest BCUT2D eigenvalue weighted by Gasteiger charge is 2.47. The van der Waals surface area contributed by atoms with E-state index in [0.29, 0.717) is 0 Å². The number of nitrogens with two attached hydrogens (primary N) is 1. The fourth-order valence-electron chi connectivity index (χ4n) is 2.82. The number of anilines is 1. The van der Waals surface area contributed by atoms with Gasteiger partial charge in [0.1, 0.15) is 18.3 Å². The van der Waals surface area contributed by atoms with Crippen LogP contribution in [0.4, 0.5) is 5.95 Å². The molecule has 186 valence electrons. The number of nitrogen functional groups attached to an aromatic ring is 1. The van der Waals surface area contributed by atoms with Gasteiger partial charge in [-0.25, -0.2) is 13.7 Å². The van der Waals surface area contributed by atoms with Crippen molar-refractivity contribution in [3.63, 3.8) is 0 Å². The van der Waals surface area contributed by atoms with E-state index in [4.69, 9.17) is 37.4 Å². The van der Waals surface area contributed by atoms with Crippen LogP contribution in [0.5, 0.6) is 0 Å². The normalized spacial score (nSPS) is 27.5. The molecule has 0 amide bonds. The lowest BCUT2D eigenvalue weighted by Crippen LogP contribution is -2.33. The first-order chi connectivity index (χ1) is 15.0. The number of aromatic amines is 2. The van der Waals surface area contributed by atoms with Gasteiger partial charge >= 0.3 is 23.5 Å². The second kappa shape index (κ2) is 9.03. The van der Waals surface area contributed by atoms with Crippen LogP contribution in [0.1, 0.15) is 6.23 Å². The lowest BCUT2D eigenvalue weighted by atomic mass is 10.1. The fourth-order valence-corrected chi connectivity index (χ4v) is 6.14. The van der Waals surface area contributed by atoms with Gasteiger partial charge in [-0.15, -0.1) is 0 Å². The molecule has 19 nitrogen and oxygen atoms in total. The molecule has 0 bridgehead atoms. The molecule has 2 aromatic rings. The van der Waals surface area contributed by atoms with E-state index >= 15 is 0 Å². The van der Waals surface area contributed by atoms with Crippen LogP contribution in [0.25, 0.3) is 11.2 Å². The summed E-state index contributed by atoms with van der Waals surface area (Å²) in [7, 11) is -16.8. The maximum Gasteiger partial charge on any atom is 0.490 e. The molecule has 3 heterocycles. The van der Waals surface area contributed by atoms with Crippen molar-refractivity contribution in [1.29, 1.82) is 0 Å². The van der Waals surface area contributed by atoms with E-state index in [1.165, 1.54) is 0 Å². The highest BCUT2D eigenvalue weighted by atomic mass is 32.1. The SMILES string of the molecule is Nc1nc2c([nH]c(=S)n2[C@@H]2O[C@H](COP(=O)(O)OP(=O)(O)OP(=O)(O)O)[C@@H](O)[C@H]2O)c(=O)[nH]1. The third-order valence-electron chi connectivity index (χ3n) is 4.01. The van der Waals surface area contributed by atoms with Crippen LogP contribution in [0.2, 0.25) is 0 Å². The lowest BCUT2D eigenvalue weighted by Gasteiger charge is -2.19. The van der Waals surface area contributed by atoms with E-state index < -0.39 is 60.2 Å². The number of nitrogens with zero attached hydrogens (tertiary/aromatic N) is 2. The number of phosphoric acid groups is 3. The molecule has 1 aliphatic rings. The number of hydrogen-bond donors (Lipinski definition) is 9.